The van der Waals surface area contributed by atoms with Crippen LogP contribution in [0.1, 0.15) is 39.3 Å². The maximum atomic E-state index is 13.2. The molecule has 2 N–H and O–H groups in total. The van der Waals surface area contributed by atoms with Gasteiger partial charge in [0.2, 0.25) is 5.95 Å². The van der Waals surface area contributed by atoms with E-state index in [1.54, 1.807) is 0 Å². The van der Waals surface area contributed by atoms with Gasteiger partial charge >= 0.3 is 6.18 Å². The van der Waals surface area contributed by atoms with E-state index in [2.05, 4.69) is 34.4 Å². The molecule has 5 nitrogen and oxygen atoms in total. The lowest BCUT2D eigenvalue weighted by Crippen LogP contribution is -2.39. The number of thiocarbonyl (C=S) groups is 1. The fourth-order valence-corrected chi connectivity index (χ4v) is 3.23. The number of anilines is 2. The number of rotatable bonds is 4. The number of nitrogens with one attached hydrogen (secondary N) is 2. The van der Waals surface area contributed by atoms with E-state index in [1.807, 2.05) is 11.8 Å². The summed E-state index contributed by atoms with van der Waals surface area (Å²) in [5.74, 6) is 0.944. The van der Waals surface area contributed by atoms with E-state index in [1.165, 1.54) is 0 Å². The zero-order chi connectivity index (χ0) is 18.6. The van der Waals surface area contributed by atoms with Gasteiger partial charge in [-0.2, -0.15) is 18.2 Å². The van der Waals surface area contributed by atoms with Crippen LogP contribution in [0.5, 0.6) is 0 Å². The minimum Gasteiger partial charge on any atom is -0.362 e. The van der Waals surface area contributed by atoms with E-state index in [4.69, 9.17) is 12.2 Å². The van der Waals surface area contributed by atoms with Crippen LogP contribution in [0.4, 0.5) is 24.9 Å². The molecule has 1 aliphatic rings. The highest BCUT2D eigenvalue weighted by molar-refractivity contribution is 7.80. The molecular weight excluding hydrogens is 351 g/mol. The third kappa shape index (κ3) is 5.69. The standard InChI is InChI=1S/C16H24F3N5S/c1-4-5-20-15(25)23-14-21-12(16(17,18)19)7-13(22-14)24-8-10(2)6-11(3)9-24/h7,10-11H,4-6,8-9H2,1-3H3,(H2,20,21,22,23,25)/t10-,11-/m1/s1. The summed E-state index contributed by atoms with van der Waals surface area (Å²) < 4.78 is 39.7. The number of aromatic nitrogens is 2. The summed E-state index contributed by atoms with van der Waals surface area (Å²) in [6.07, 6.45) is -2.64. The van der Waals surface area contributed by atoms with Crippen molar-refractivity contribution >= 4 is 29.1 Å². The summed E-state index contributed by atoms with van der Waals surface area (Å²) in [4.78, 5) is 9.74. The van der Waals surface area contributed by atoms with Gasteiger partial charge in [0, 0.05) is 25.7 Å². The van der Waals surface area contributed by atoms with Crippen molar-refractivity contribution in [3.63, 3.8) is 0 Å². The van der Waals surface area contributed by atoms with E-state index in [0.717, 1.165) is 18.9 Å². The predicted molar refractivity (Wildman–Crippen MR) is 96.7 cm³/mol. The van der Waals surface area contributed by atoms with Crippen LogP contribution in [-0.4, -0.2) is 34.7 Å². The Morgan fingerprint density at radius 1 is 1.28 bits per heavy atom. The van der Waals surface area contributed by atoms with Crippen molar-refractivity contribution in [1.82, 2.24) is 15.3 Å². The van der Waals surface area contributed by atoms with Gasteiger partial charge in [-0.05, 0) is 36.9 Å². The highest BCUT2D eigenvalue weighted by Gasteiger charge is 2.35. The van der Waals surface area contributed by atoms with Gasteiger partial charge in [0.25, 0.3) is 0 Å². The molecule has 0 aliphatic carbocycles. The van der Waals surface area contributed by atoms with Crippen molar-refractivity contribution in [3.05, 3.63) is 11.8 Å². The zero-order valence-corrected chi connectivity index (χ0v) is 15.5. The molecule has 2 heterocycles. The van der Waals surface area contributed by atoms with Gasteiger partial charge in [0.15, 0.2) is 10.8 Å². The summed E-state index contributed by atoms with van der Waals surface area (Å²) >= 11 is 5.08. The van der Waals surface area contributed by atoms with E-state index >= 15 is 0 Å². The average molecular weight is 375 g/mol. The number of hydrogen-bond acceptors (Lipinski definition) is 4. The Labute approximate surface area is 151 Å². The van der Waals surface area contributed by atoms with E-state index < -0.39 is 11.9 Å². The minimum atomic E-state index is -4.54. The topological polar surface area (TPSA) is 53.1 Å². The quantitative estimate of drug-likeness (QED) is 0.783. The minimum absolute atomic E-state index is 0.135. The molecule has 1 aliphatic heterocycles. The molecule has 0 aromatic carbocycles. The molecule has 1 saturated heterocycles. The number of alkyl halides is 3. The molecule has 2 rings (SSSR count). The zero-order valence-electron chi connectivity index (χ0n) is 14.7. The predicted octanol–water partition coefficient (Wildman–Crippen LogP) is 3.67. The summed E-state index contributed by atoms with van der Waals surface area (Å²) in [5, 5.41) is 5.78. The van der Waals surface area contributed by atoms with Gasteiger partial charge in [0.1, 0.15) is 5.82 Å². The van der Waals surface area contributed by atoms with Crippen LogP contribution in [0, 0.1) is 11.8 Å². The summed E-state index contributed by atoms with van der Waals surface area (Å²) in [6, 6.07) is 1.01. The van der Waals surface area contributed by atoms with Gasteiger partial charge < -0.3 is 15.5 Å². The molecule has 9 heteroatoms. The van der Waals surface area contributed by atoms with Crippen LogP contribution in [0.15, 0.2) is 6.07 Å². The van der Waals surface area contributed by atoms with Crippen LogP contribution < -0.4 is 15.5 Å². The maximum absolute atomic E-state index is 13.2. The van der Waals surface area contributed by atoms with Gasteiger partial charge in [-0.15, -0.1) is 0 Å². The molecule has 140 valence electrons. The molecule has 0 bridgehead atoms. The highest BCUT2D eigenvalue weighted by Crippen LogP contribution is 2.32. The Kier molecular flexibility index (Phi) is 6.42. The lowest BCUT2D eigenvalue weighted by molar-refractivity contribution is -0.141. The highest BCUT2D eigenvalue weighted by atomic mass is 32.1. The number of hydrogen-bond donors (Lipinski definition) is 2. The Balaban J connectivity index is 2.29. The second-order valence-electron chi connectivity index (χ2n) is 6.66. The largest absolute Gasteiger partial charge is 0.433 e. The second kappa shape index (κ2) is 8.16. The molecule has 2 atom stereocenters. The molecular formula is C16H24F3N5S. The van der Waals surface area contributed by atoms with Gasteiger partial charge in [-0.3, -0.25) is 0 Å². The Morgan fingerprint density at radius 3 is 2.48 bits per heavy atom. The van der Waals surface area contributed by atoms with Crippen molar-refractivity contribution in [2.24, 2.45) is 11.8 Å². The first kappa shape index (κ1) is 19.7. The van der Waals surface area contributed by atoms with Crippen LogP contribution in [0.3, 0.4) is 0 Å². The monoisotopic (exact) mass is 375 g/mol. The van der Waals surface area contributed by atoms with Crippen LogP contribution in [0.2, 0.25) is 0 Å². The first-order valence-corrected chi connectivity index (χ1v) is 8.86. The normalized spacial score (nSPS) is 21.1. The van der Waals surface area contributed by atoms with Crippen molar-refractivity contribution < 1.29 is 13.2 Å². The van der Waals surface area contributed by atoms with E-state index in [9.17, 15) is 13.2 Å². The van der Waals surface area contributed by atoms with Crippen LogP contribution in [0.25, 0.3) is 0 Å². The van der Waals surface area contributed by atoms with Crippen LogP contribution >= 0.6 is 12.2 Å². The third-order valence-corrected chi connectivity index (χ3v) is 4.20. The summed E-state index contributed by atoms with van der Waals surface area (Å²) in [7, 11) is 0. The molecule has 0 amide bonds. The molecule has 0 spiro atoms. The van der Waals surface area contributed by atoms with Crippen molar-refractivity contribution in [2.75, 3.05) is 29.9 Å². The van der Waals surface area contributed by atoms with Crippen molar-refractivity contribution in [2.45, 2.75) is 39.8 Å². The van der Waals surface area contributed by atoms with Gasteiger partial charge in [-0.25, -0.2) is 4.98 Å². The van der Waals surface area contributed by atoms with E-state index in [0.29, 0.717) is 31.5 Å². The van der Waals surface area contributed by atoms with Gasteiger partial charge in [-0.1, -0.05) is 20.8 Å². The van der Waals surface area contributed by atoms with Crippen LogP contribution in [-0.2, 0) is 6.18 Å². The second-order valence-corrected chi connectivity index (χ2v) is 7.07. The number of piperidine rings is 1. The molecule has 0 radical (unpaired) electrons. The third-order valence-electron chi connectivity index (χ3n) is 3.96. The number of halogens is 3. The average Bonchev–Trinajstić information content (AvgIpc) is 2.51. The molecule has 1 aromatic rings. The summed E-state index contributed by atoms with van der Waals surface area (Å²) in [5.41, 5.74) is -0.968. The fraction of sp³-hybridized carbons (Fsp3) is 0.688. The van der Waals surface area contributed by atoms with Gasteiger partial charge in [0.05, 0.1) is 0 Å². The lowest BCUT2D eigenvalue weighted by atomic mass is 9.92. The maximum Gasteiger partial charge on any atom is 0.433 e. The first-order chi connectivity index (χ1) is 11.7. The molecule has 1 fully saturated rings. The molecule has 25 heavy (non-hydrogen) atoms. The van der Waals surface area contributed by atoms with E-state index in [-0.39, 0.29) is 16.9 Å². The van der Waals surface area contributed by atoms with Crippen molar-refractivity contribution in [1.29, 1.82) is 0 Å². The van der Waals surface area contributed by atoms with Crippen molar-refractivity contribution in [3.8, 4) is 0 Å². The Morgan fingerprint density at radius 2 is 1.92 bits per heavy atom. The number of nitrogens with zero attached hydrogens (tertiary/aromatic N) is 3. The molecule has 0 saturated carbocycles. The Hall–Kier alpha value is -1.64. The fourth-order valence-electron chi connectivity index (χ4n) is 3.03. The molecule has 0 unspecified atom stereocenters. The summed E-state index contributed by atoms with van der Waals surface area (Å²) in [6.45, 7) is 8.13. The first-order valence-electron chi connectivity index (χ1n) is 8.45. The molecule has 1 aromatic heterocycles. The lowest BCUT2D eigenvalue weighted by Gasteiger charge is -2.36. The Bertz CT molecular complexity index is 598. The SMILES string of the molecule is CCCNC(=S)Nc1nc(N2C[C@H](C)C[C@@H](C)C2)cc(C(F)(F)F)n1. The smallest absolute Gasteiger partial charge is 0.362 e.